The second kappa shape index (κ2) is 4.82. The van der Waals surface area contributed by atoms with Crippen molar-refractivity contribution in [2.24, 2.45) is 5.41 Å². The number of carbonyl (C=O) groups excluding carboxylic acids is 1. The highest BCUT2D eigenvalue weighted by molar-refractivity contribution is 6.03. The van der Waals surface area contributed by atoms with Crippen molar-refractivity contribution in [1.82, 2.24) is 14.4 Å². The molecule has 0 fully saturated rings. The number of H-pyrrole nitrogens is 1. The van der Waals surface area contributed by atoms with Crippen molar-refractivity contribution < 1.29 is 4.79 Å². The van der Waals surface area contributed by atoms with Crippen LogP contribution in [-0.4, -0.2) is 20.2 Å². The average Bonchev–Trinajstić information content (AvgIpc) is 3.06. The van der Waals surface area contributed by atoms with Gasteiger partial charge in [-0.15, -0.1) is 0 Å². The third kappa shape index (κ3) is 1.97. The first-order valence-corrected chi connectivity index (χ1v) is 8.13. The van der Waals surface area contributed by atoms with Crippen LogP contribution in [0.3, 0.4) is 0 Å². The zero-order chi connectivity index (χ0) is 16.2. The van der Waals surface area contributed by atoms with Crippen LogP contribution in [0, 0.1) is 19.3 Å². The van der Waals surface area contributed by atoms with Crippen LogP contribution in [0.2, 0.25) is 0 Å². The number of aromatic amines is 1. The summed E-state index contributed by atoms with van der Waals surface area (Å²) in [5.41, 5.74) is 6.15. The average molecular weight is 307 g/mol. The second-order valence-electron chi connectivity index (χ2n) is 6.95. The molecule has 4 heteroatoms. The molecule has 4 rings (SSSR count). The van der Waals surface area contributed by atoms with Crippen LogP contribution in [0.4, 0.5) is 0 Å². The van der Waals surface area contributed by atoms with Gasteiger partial charge in [-0.3, -0.25) is 4.79 Å². The lowest BCUT2D eigenvalue weighted by Gasteiger charge is -2.32. The number of ketones is 1. The highest BCUT2D eigenvalue weighted by atomic mass is 16.1. The van der Waals surface area contributed by atoms with Gasteiger partial charge in [0.25, 0.3) is 0 Å². The van der Waals surface area contributed by atoms with Gasteiger partial charge < -0.3 is 9.38 Å². The van der Waals surface area contributed by atoms with Crippen molar-refractivity contribution in [3.63, 3.8) is 0 Å². The van der Waals surface area contributed by atoms with Crippen molar-refractivity contribution in [3.05, 3.63) is 58.9 Å². The summed E-state index contributed by atoms with van der Waals surface area (Å²) in [5, 5.41) is 0. The molecule has 0 saturated carbocycles. The Morgan fingerprint density at radius 1 is 1.35 bits per heavy atom. The van der Waals surface area contributed by atoms with Crippen molar-refractivity contribution in [2.45, 2.75) is 40.0 Å². The van der Waals surface area contributed by atoms with E-state index in [4.69, 9.17) is 0 Å². The number of imidazole rings is 1. The molecule has 0 radical (unpaired) electrons. The Kier molecular flexibility index (Phi) is 2.98. The minimum Gasteiger partial charge on any atom is -0.348 e. The molecular weight excluding hydrogens is 286 g/mol. The van der Waals surface area contributed by atoms with Crippen LogP contribution in [0.15, 0.2) is 30.7 Å². The third-order valence-electron chi connectivity index (χ3n) is 5.41. The molecule has 118 valence electrons. The van der Waals surface area contributed by atoms with E-state index in [2.05, 4.69) is 34.3 Å². The summed E-state index contributed by atoms with van der Waals surface area (Å²) in [6, 6.07) is 6.12. The molecule has 1 aliphatic rings. The Morgan fingerprint density at radius 2 is 2.17 bits per heavy atom. The van der Waals surface area contributed by atoms with E-state index in [-0.39, 0.29) is 11.2 Å². The monoisotopic (exact) mass is 307 g/mol. The maximum absolute atomic E-state index is 13.3. The number of Topliss-reactive ketones (excluding diaryl/α,β-unsaturated/α-hetero) is 1. The smallest absolute Gasteiger partial charge is 0.186 e. The molecule has 1 aliphatic carbocycles. The molecule has 4 nitrogen and oxygen atoms in total. The van der Waals surface area contributed by atoms with Gasteiger partial charge in [0, 0.05) is 29.2 Å². The number of aryl methyl sites for hydroxylation is 2. The topological polar surface area (TPSA) is 50.2 Å². The zero-order valence-corrected chi connectivity index (χ0v) is 13.8. The lowest BCUT2D eigenvalue weighted by Crippen LogP contribution is -2.36. The summed E-state index contributed by atoms with van der Waals surface area (Å²) in [7, 11) is 0. The van der Waals surface area contributed by atoms with Crippen LogP contribution in [0.25, 0.3) is 5.52 Å². The Balaban J connectivity index is 1.83. The molecule has 1 atom stereocenters. The maximum atomic E-state index is 13.3. The number of nitrogens with zero attached hydrogens (tertiary/aromatic N) is 2. The SMILES string of the molecule is Cc1[nH]cnc1CC1(C)CCc2c(C)c3ccccn3c2C1=O. The molecule has 23 heavy (non-hydrogen) atoms. The molecule has 0 amide bonds. The number of nitrogens with one attached hydrogen (secondary N) is 1. The van der Waals surface area contributed by atoms with Crippen molar-refractivity contribution in [2.75, 3.05) is 0 Å². The Bertz CT molecular complexity index is 918. The van der Waals surface area contributed by atoms with Gasteiger partial charge in [0.05, 0.1) is 17.7 Å². The summed E-state index contributed by atoms with van der Waals surface area (Å²) in [5.74, 6) is 0.246. The van der Waals surface area contributed by atoms with Crippen molar-refractivity contribution in [1.29, 1.82) is 0 Å². The van der Waals surface area contributed by atoms with Crippen molar-refractivity contribution in [3.8, 4) is 0 Å². The van der Waals surface area contributed by atoms with Gasteiger partial charge in [0.15, 0.2) is 5.78 Å². The van der Waals surface area contributed by atoms with Crippen LogP contribution in [0.5, 0.6) is 0 Å². The number of fused-ring (bicyclic) bond motifs is 3. The second-order valence-corrected chi connectivity index (χ2v) is 6.95. The molecule has 3 aromatic rings. The Morgan fingerprint density at radius 3 is 2.91 bits per heavy atom. The van der Waals surface area contributed by atoms with Gasteiger partial charge in [-0.05, 0) is 49.9 Å². The lowest BCUT2D eigenvalue weighted by molar-refractivity contribution is 0.0775. The molecule has 3 aromatic heterocycles. The molecule has 1 N–H and O–H groups in total. The first kappa shape index (κ1) is 14.2. The predicted molar refractivity (Wildman–Crippen MR) is 89.9 cm³/mol. The first-order chi connectivity index (χ1) is 11.0. The minimum absolute atomic E-state index is 0.246. The summed E-state index contributed by atoms with van der Waals surface area (Å²) >= 11 is 0. The number of aromatic nitrogens is 3. The fraction of sp³-hybridized carbons (Fsp3) is 0.368. The summed E-state index contributed by atoms with van der Waals surface area (Å²) in [6.45, 7) is 6.23. The van der Waals surface area contributed by atoms with Gasteiger partial charge >= 0.3 is 0 Å². The van der Waals surface area contributed by atoms with E-state index in [1.165, 1.54) is 11.1 Å². The van der Waals surface area contributed by atoms with E-state index in [9.17, 15) is 4.79 Å². The predicted octanol–water partition coefficient (Wildman–Crippen LogP) is 3.66. The molecule has 1 unspecified atom stereocenters. The minimum atomic E-state index is -0.385. The summed E-state index contributed by atoms with van der Waals surface area (Å²) < 4.78 is 2.07. The van der Waals surface area contributed by atoms with Gasteiger partial charge in [0.1, 0.15) is 0 Å². The number of pyridine rings is 1. The molecule has 0 spiro atoms. The maximum Gasteiger partial charge on any atom is 0.186 e. The number of carbonyl (C=O) groups is 1. The zero-order valence-electron chi connectivity index (χ0n) is 13.8. The molecule has 0 aromatic carbocycles. The molecular formula is C19H21N3O. The Hall–Kier alpha value is -2.36. The Labute approximate surface area is 135 Å². The highest BCUT2D eigenvalue weighted by Crippen LogP contribution is 2.40. The van der Waals surface area contributed by atoms with Gasteiger partial charge in [-0.25, -0.2) is 4.98 Å². The number of hydrogen-bond donors (Lipinski definition) is 1. The highest BCUT2D eigenvalue weighted by Gasteiger charge is 2.41. The molecule has 0 bridgehead atoms. The molecule has 0 aliphatic heterocycles. The first-order valence-electron chi connectivity index (χ1n) is 8.13. The number of rotatable bonds is 2. The van der Waals surface area contributed by atoms with E-state index in [1.54, 1.807) is 6.33 Å². The van der Waals surface area contributed by atoms with Gasteiger partial charge in [-0.2, -0.15) is 0 Å². The van der Waals surface area contributed by atoms with Crippen LogP contribution in [0.1, 0.15) is 46.3 Å². The van der Waals surface area contributed by atoms with E-state index < -0.39 is 0 Å². The molecule has 0 saturated heterocycles. The van der Waals surface area contributed by atoms with Crippen molar-refractivity contribution >= 4 is 11.3 Å². The lowest BCUT2D eigenvalue weighted by atomic mass is 9.70. The van der Waals surface area contributed by atoms with E-state index in [0.29, 0.717) is 6.42 Å². The summed E-state index contributed by atoms with van der Waals surface area (Å²) in [6.07, 6.45) is 6.24. The summed E-state index contributed by atoms with van der Waals surface area (Å²) in [4.78, 5) is 20.9. The van der Waals surface area contributed by atoms with E-state index in [0.717, 1.165) is 35.4 Å². The largest absolute Gasteiger partial charge is 0.348 e. The normalized spacial score (nSPS) is 20.9. The van der Waals surface area contributed by atoms with Gasteiger partial charge in [0.2, 0.25) is 0 Å². The van der Waals surface area contributed by atoms with Gasteiger partial charge in [-0.1, -0.05) is 13.0 Å². The third-order valence-corrected chi connectivity index (χ3v) is 5.41. The van der Waals surface area contributed by atoms with Crippen LogP contribution in [-0.2, 0) is 12.8 Å². The fourth-order valence-electron chi connectivity index (χ4n) is 3.88. The molecule has 3 heterocycles. The standard InChI is InChI=1S/C19H21N3O/c1-12-14-7-8-19(3,10-15-13(2)20-11-21-15)18(23)17(14)22-9-5-4-6-16(12)22/h4-6,9,11H,7-8,10H2,1-3H3,(H,20,21). The fourth-order valence-corrected chi connectivity index (χ4v) is 3.88. The van der Waals surface area contributed by atoms with E-state index in [1.807, 2.05) is 25.3 Å². The van der Waals surface area contributed by atoms with E-state index >= 15 is 0 Å². The van der Waals surface area contributed by atoms with Crippen LogP contribution < -0.4 is 0 Å². The quantitative estimate of drug-likeness (QED) is 0.785. The van der Waals surface area contributed by atoms with Crippen LogP contribution >= 0.6 is 0 Å². The number of hydrogen-bond acceptors (Lipinski definition) is 2.